The Balaban J connectivity index is 1.88. The van der Waals surface area contributed by atoms with Gasteiger partial charge in [-0.15, -0.1) is 11.3 Å². The molecule has 8 nitrogen and oxygen atoms in total. The second kappa shape index (κ2) is 10.3. The summed E-state index contributed by atoms with van der Waals surface area (Å²) in [6.07, 6.45) is 0. The number of aromatic nitrogens is 1. The van der Waals surface area contributed by atoms with Crippen molar-refractivity contribution in [3.63, 3.8) is 0 Å². The minimum Gasteiger partial charge on any atom is -0.497 e. The molecule has 3 rings (SSSR count). The predicted octanol–water partition coefficient (Wildman–Crippen LogP) is 4.25. The molecular weight excluding hydrogens is 469 g/mol. The first-order chi connectivity index (χ1) is 15.7. The van der Waals surface area contributed by atoms with E-state index in [1.807, 2.05) is 0 Å². The highest BCUT2D eigenvalue weighted by Gasteiger charge is 2.26. The van der Waals surface area contributed by atoms with E-state index in [0.717, 1.165) is 16.4 Å². The summed E-state index contributed by atoms with van der Waals surface area (Å²) in [5, 5.41) is 4.67. The lowest BCUT2D eigenvalue weighted by atomic mass is 10.1. The standard InChI is InChI=1S/C22H24FN3O5S2/c1-5-26(6-2)33(28,29)20-11-14(7-9-17(20)23)21(27)25-22-24-18(13-32-22)16-12-15(30-3)8-10-19(16)31-4/h7-13H,5-6H2,1-4H3,(H,24,25,27). The molecule has 1 heterocycles. The number of halogens is 1. The van der Waals surface area contributed by atoms with E-state index in [2.05, 4.69) is 10.3 Å². The number of hydrogen-bond donors (Lipinski definition) is 1. The number of nitrogens with one attached hydrogen (secondary N) is 1. The molecule has 0 unspecified atom stereocenters. The maximum atomic E-state index is 14.3. The number of ether oxygens (including phenoxy) is 2. The highest BCUT2D eigenvalue weighted by molar-refractivity contribution is 7.89. The molecule has 1 aromatic heterocycles. The molecule has 0 atom stereocenters. The zero-order chi connectivity index (χ0) is 24.2. The van der Waals surface area contributed by atoms with E-state index in [1.165, 1.54) is 17.4 Å². The van der Waals surface area contributed by atoms with Crippen molar-refractivity contribution in [2.45, 2.75) is 18.7 Å². The number of carbonyl (C=O) groups is 1. The summed E-state index contributed by atoms with van der Waals surface area (Å²) in [4.78, 5) is 16.6. The quantitative estimate of drug-likeness (QED) is 0.479. The van der Waals surface area contributed by atoms with Gasteiger partial charge >= 0.3 is 0 Å². The molecule has 33 heavy (non-hydrogen) atoms. The first-order valence-electron chi connectivity index (χ1n) is 10.0. The van der Waals surface area contributed by atoms with Crippen LogP contribution in [0.1, 0.15) is 24.2 Å². The Kier molecular flexibility index (Phi) is 7.67. The molecule has 0 fully saturated rings. The molecule has 0 bridgehead atoms. The molecule has 0 saturated carbocycles. The Morgan fingerprint density at radius 3 is 2.48 bits per heavy atom. The number of rotatable bonds is 9. The van der Waals surface area contributed by atoms with Gasteiger partial charge in [0, 0.05) is 29.6 Å². The van der Waals surface area contributed by atoms with E-state index in [4.69, 9.17) is 9.47 Å². The predicted molar refractivity (Wildman–Crippen MR) is 125 cm³/mol. The van der Waals surface area contributed by atoms with Gasteiger partial charge in [-0.1, -0.05) is 13.8 Å². The maximum Gasteiger partial charge on any atom is 0.257 e. The molecule has 2 aromatic carbocycles. The van der Waals surface area contributed by atoms with Crippen LogP contribution in [0.15, 0.2) is 46.7 Å². The molecule has 0 spiro atoms. The average molecular weight is 494 g/mol. The van der Waals surface area contributed by atoms with E-state index in [9.17, 15) is 17.6 Å². The first-order valence-corrected chi connectivity index (χ1v) is 12.4. The summed E-state index contributed by atoms with van der Waals surface area (Å²) < 4.78 is 51.6. The Morgan fingerprint density at radius 2 is 1.85 bits per heavy atom. The molecule has 0 saturated heterocycles. The number of carbonyl (C=O) groups excluding carboxylic acids is 1. The lowest BCUT2D eigenvalue weighted by Gasteiger charge is -2.19. The van der Waals surface area contributed by atoms with Crippen molar-refractivity contribution in [3.8, 4) is 22.8 Å². The largest absolute Gasteiger partial charge is 0.497 e. The molecule has 0 aliphatic rings. The van der Waals surface area contributed by atoms with Gasteiger partial charge in [-0.2, -0.15) is 4.31 Å². The third-order valence-corrected chi connectivity index (χ3v) is 7.75. The fraction of sp³-hybridized carbons (Fsp3) is 0.273. The third-order valence-electron chi connectivity index (χ3n) is 4.92. The van der Waals surface area contributed by atoms with Crippen LogP contribution in [-0.2, 0) is 10.0 Å². The fourth-order valence-electron chi connectivity index (χ4n) is 3.18. The van der Waals surface area contributed by atoms with Crippen molar-refractivity contribution in [2.75, 3.05) is 32.6 Å². The smallest absolute Gasteiger partial charge is 0.257 e. The second-order valence-electron chi connectivity index (χ2n) is 6.79. The van der Waals surface area contributed by atoms with Crippen LogP contribution in [0.25, 0.3) is 11.3 Å². The van der Waals surface area contributed by atoms with E-state index in [0.29, 0.717) is 22.8 Å². The number of anilines is 1. The summed E-state index contributed by atoms with van der Waals surface area (Å²) in [6, 6.07) is 8.52. The number of hydrogen-bond acceptors (Lipinski definition) is 7. The molecule has 0 aliphatic carbocycles. The highest BCUT2D eigenvalue weighted by Crippen LogP contribution is 2.35. The summed E-state index contributed by atoms with van der Waals surface area (Å²) in [5.74, 6) is -0.314. The van der Waals surface area contributed by atoms with Gasteiger partial charge < -0.3 is 9.47 Å². The molecule has 176 valence electrons. The summed E-state index contributed by atoms with van der Waals surface area (Å²) >= 11 is 1.19. The number of methoxy groups -OCH3 is 2. The Hall–Kier alpha value is -3.02. The Morgan fingerprint density at radius 1 is 1.12 bits per heavy atom. The van der Waals surface area contributed by atoms with Gasteiger partial charge in [0.2, 0.25) is 10.0 Å². The van der Waals surface area contributed by atoms with E-state index >= 15 is 0 Å². The van der Waals surface area contributed by atoms with Crippen LogP contribution in [0.4, 0.5) is 9.52 Å². The minimum absolute atomic E-state index is 0.00200. The number of sulfonamides is 1. The van der Waals surface area contributed by atoms with Crippen LogP contribution in [0.5, 0.6) is 11.5 Å². The van der Waals surface area contributed by atoms with Gasteiger partial charge in [0.25, 0.3) is 5.91 Å². The van der Waals surface area contributed by atoms with Crippen molar-refractivity contribution < 1.29 is 27.1 Å². The lowest BCUT2D eigenvalue weighted by Crippen LogP contribution is -2.31. The highest BCUT2D eigenvalue weighted by atomic mass is 32.2. The topological polar surface area (TPSA) is 97.8 Å². The number of benzene rings is 2. The fourth-order valence-corrected chi connectivity index (χ4v) is 5.44. The van der Waals surface area contributed by atoms with Crippen molar-refractivity contribution in [2.24, 2.45) is 0 Å². The van der Waals surface area contributed by atoms with Crippen LogP contribution >= 0.6 is 11.3 Å². The Bertz CT molecular complexity index is 1260. The van der Waals surface area contributed by atoms with Crippen molar-refractivity contribution in [1.82, 2.24) is 9.29 Å². The van der Waals surface area contributed by atoms with Crippen LogP contribution < -0.4 is 14.8 Å². The van der Waals surface area contributed by atoms with Crippen LogP contribution in [0.3, 0.4) is 0 Å². The maximum absolute atomic E-state index is 14.3. The van der Waals surface area contributed by atoms with E-state index in [1.54, 1.807) is 51.6 Å². The SMILES string of the molecule is CCN(CC)S(=O)(=O)c1cc(C(=O)Nc2nc(-c3cc(OC)ccc3OC)cs2)ccc1F. The van der Waals surface area contributed by atoms with Crippen LogP contribution in [0, 0.1) is 5.82 Å². The number of amides is 1. The third kappa shape index (κ3) is 5.15. The van der Waals surface area contributed by atoms with E-state index in [-0.39, 0.29) is 23.8 Å². The molecular formula is C22H24FN3O5S2. The second-order valence-corrected chi connectivity index (χ2v) is 9.56. The molecule has 1 amide bonds. The van der Waals surface area contributed by atoms with Gasteiger partial charge in [-0.05, 0) is 36.4 Å². The van der Waals surface area contributed by atoms with Crippen molar-refractivity contribution in [3.05, 3.63) is 53.2 Å². The number of nitrogens with zero attached hydrogens (tertiary/aromatic N) is 2. The van der Waals surface area contributed by atoms with Crippen molar-refractivity contribution in [1.29, 1.82) is 0 Å². The summed E-state index contributed by atoms with van der Waals surface area (Å²) in [5.41, 5.74) is 1.25. The number of thiazole rings is 1. The van der Waals surface area contributed by atoms with Crippen molar-refractivity contribution >= 4 is 32.4 Å². The minimum atomic E-state index is -4.07. The summed E-state index contributed by atoms with van der Waals surface area (Å²) in [7, 11) is -0.976. The molecule has 3 aromatic rings. The average Bonchev–Trinajstić information content (AvgIpc) is 3.27. The summed E-state index contributed by atoms with van der Waals surface area (Å²) in [6.45, 7) is 3.69. The van der Waals surface area contributed by atoms with E-state index < -0.39 is 26.6 Å². The van der Waals surface area contributed by atoms with Gasteiger partial charge in [0.15, 0.2) is 5.13 Å². The molecule has 0 radical (unpaired) electrons. The zero-order valence-corrected chi connectivity index (χ0v) is 20.2. The van der Waals surface area contributed by atoms with Crippen LogP contribution in [-0.4, -0.2) is 50.9 Å². The zero-order valence-electron chi connectivity index (χ0n) is 18.6. The Labute approximate surface area is 196 Å². The molecule has 1 N–H and O–H groups in total. The van der Waals surface area contributed by atoms with Gasteiger partial charge in [0.05, 0.1) is 19.9 Å². The molecule has 11 heteroatoms. The molecule has 0 aliphatic heterocycles. The first kappa shape index (κ1) is 24.6. The monoisotopic (exact) mass is 493 g/mol. The van der Waals surface area contributed by atoms with Gasteiger partial charge in [-0.25, -0.2) is 17.8 Å². The van der Waals surface area contributed by atoms with Gasteiger partial charge in [0.1, 0.15) is 22.2 Å². The normalized spacial score (nSPS) is 11.5. The lowest BCUT2D eigenvalue weighted by molar-refractivity contribution is 0.102. The van der Waals surface area contributed by atoms with Crippen LogP contribution in [0.2, 0.25) is 0 Å². The van der Waals surface area contributed by atoms with Gasteiger partial charge in [-0.3, -0.25) is 10.1 Å².